The first kappa shape index (κ1) is 16.8. The van der Waals surface area contributed by atoms with Gasteiger partial charge < -0.3 is 20.4 Å². The molecule has 0 aromatic heterocycles. The van der Waals surface area contributed by atoms with Crippen LogP contribution in [-0.2, 0) is 4.79 Å². The molecular weight excluding hydrogens is 260 g/mol. The second-order valence-electron chi connectivity index (χ2n) is 5.69. The van der Waals surface area contributed by atoms with Gasteiger partial charge in [-0.15, -0.1) is 0 Å². The molecule has 0 bridgehead atoms. The molecule has 3 N–H and O–H groups in total. The molecule has 0 saturated heterocycles. The summed E-state index contributed by atoms with van der Waals surface area (Å²) in [5.74, 6) is -1.11. The van der Waals surface area contributed by atoms with Gasteiger partial charge in [-0.1, -0.05) is 12.8 Å². The highest BCUT2D eigenvalue weighted by Crippen LogP contribution is 2.29. The van der Waals surface area contributed by atoms with Gasteiger partial charge in [-0.3, -0.25) is 4.79 Å². The van der Waals surface area contributed by atoms with E-state index in [0.717, 1.165) is 19.3 Å². The highest BCUT2D eigenvalue weighted by Gasteiger charge is 2.31. The Morgan fingerprint density at radius 1 is 1.30 bits per heavy atom. The summed E-state index contributed by atoms with van der Waals surface area (Å²) in [6.45, 7) is 4.37. The van der Waals surface area contributed by atoms with Crippen molar-refractivity contribution in [2.75, 3.05) is 19.7 Å². The van der Waals surface area contributed by atoms with Crippen molar-refractivity contribution in [1.29, 1.82) is 0 Å². The molecule has 0 spiro atoms. The maximum Gasteiger partial charge on any atom is 0.317 e. The molecule has 6 heteroatoms. The van der Waals surface area contributed by atoms with E-state index in [9.17, 15) is 14.7 Å². The summed E-state index contributed by atoms with van der Waals surface area (Å²) in [7, 11) is 0. The zero-order valence-corrected chi connectivity index (χ0v) is 12.3. The van der Waals surface area contributed by atoms with Crippen molar-refractivity contribution < 1.29 is 19.8 Å². The molecule has 116 valence electrons. The van der Waals surface area contributed by atoms with E-state index >= 15 is 0 Å². The number of hydrogen-bond donors (Lipinski definition) is 3. The van der Waals surface area contributed by atoms with Crippen LogP contribution in [0.3, 0.4) is 0 Å². The fraction of sp³-hybridized carbons (Fsp3) is 0.857. The zero-order valence-electron chi connectivity index (χ0n) is 12.3. The van der Waals surface area contributed by atoms with Crippen LogP contribution in [0.1, 0.15) is 39.5 Å². The lowest BCUT2D eigenvalue weighted by molar-refractivity contribution is -0.144. The fourth-order valence-corrected chi connectivity index (χ4v) is 2.80. The average Bonchev–Trinajstić information content (AvgIpc) is 2.42. The third-order valence-corrected chi connectivity index (χ3v) is 3.97. The van der Waals surface area contributed by atoms with Gasteiger partial charge in [-0.25, -0.2) is 4.79 Å². The lowest BCUT2D eigenvalue weighted by Gasteiger charge is -2.31. The van der Waals surface area contributed by atoms with Gasteiger partial charge in [-0.05, 0) is 32.6 Å². The van der Waals surface area contributed by atoms with Gasteiger partial charge in [0.15, 0.2) is 0 Å². The molecule has 1 aliphatic carbocycles. The van der Waals surface area contributed by atoms with Crippen LogP contribution in [-0.4, -0.2) is 52.9 Å². The molecule has 0 aromatic rings. The van der Waals surface area contributed by atoms with E-state index in [4.69, 9.17) is 5.11 Å². The van der Waals surface area contributed by atoms with Gasteiger partial charge in [0, 0.05) is 19.1 Å². The monoisotopic (exact) mass is 286 g/mol. The minimum atomic E-state index is -0.764. The topological polar surface area (TPSA) is 89.9 Å². The predicted octanol–water partition coefficient (Wildman–Crippen LogP) is 1.29. The number of aliphatic carboxylic acids is 1. The first-order valence-corrected chi connectivity index (χ1v) is 7.35. The van der Waals surface area contributed by atoms with E-state index in [1.807, 2.05) is 13.8 Å². The molecule has 0 aromatic carbocycles. The molecule has 2 amide bonds. The second kappa shape index (κ2) is 8.09. The summed E-state index contributed by atoms with van der Waals surface area (Å²) in [5.41, 5.74) is 0. The first-order chi connectivity index (χ1) is 9.47. The molecule has 1 fully saturated rings. The van der Waals surface area contributed by atoms with Crippen LogP contribution in [0, 0.1) is 11.8 Å². The van der Waals surface area contributed by atoms with Crippen LogP contribution < -0.4 is 5.32 Å². The summed E-state index contributed by atoms with van der Waals surface area (Å²) < 4.78 is 0. The number of aliphatic hydroxyl groups excluding tert-OH is 1. The van der Waals surface area contributed by atoms with Gasteiger partial charge in [0.1, 0.15) is 0 Å². The molecule has 0 heterocycles. The lowest BCUT2D eigenvalue weighted by atomic mass is 9.79. The molecule has 1 saturated carbocycles. The van der Waals surface area contributed by atoms with E-state index in [1.165, 1.54) is 0 Å². The van der Waals surface area contributed by atoms with Crippen molar-refractivity contribution >= 4 is 12.0 Å². The van der Waals surface area contributed by atoms with Gasteiger partial charge >= 0.3 is 12.0 Å². The SMILES string of the molecule is CC(C)N(CCO)C(=O)NCC1CCCCC1C(=O)O. The Balaban J connectivity index is 2.51. The highest BCUT2D eigenvalue weighted by molar-refractivity contribution is 5.75. The summed E-state index contributed by atoms with van der Waals surface area (Å²) in [6, 6.07) is -0.229. The van der Waals surface area contributed by atoms with Crippen LogP contribution in [0.5, 0.6) is 0 Å². The Kier molecular flexibility index (Phi) is 6.78. The van der Waals surface area contributed by atoms with Crippen LogP contribution >= 0.6 is 0 Å². The number of nitrogens with one attached hydrogen (secondary N) is 1. The summed E-state index contributed by atoms with van der Waals surface area (Å²) in [5, 5.41) is 21.0. The molecule has 20 heavy (non-hydrogen) atoms. The number of carbonyl (C=O) groups excluding carboxylic acids is 1. The Labute approximate surface area is 120 Å². The van der Waals surface area contributed by atoms with Crippen molar-refractivity contribution in [2.45, 2.75) is 45.6 Å². The fourth-order valence-electron chi connectivity index (χ4n) is 2.80. The zero-order chi connectivity index (χ0) is 15.1. The third kappa shape index (κ3) is 4.67. The molecule has 6 nitrogen and oxygen atoms in total. The maximum atomic E-state index is 12.1. The van der Waals surface area contributed by atoms with Crippen LogP contribution in [0.15, 0.2) is 0 Å². The van der Waals surface area contributed by atoms with Gasteiger partial charge in [0.05, 0.1) is 12.5 Å². The van der Waals surface area contributed by atoms with E-state index in [1.54, 1.807) is 4.90 Å². The second-order valence-corrected chi connectivity index (χ2v) is 5.69. The van der Waals surface area contributed by atoms with Crippen molar-refractivity contribution in [3.8, 4) is 0 Å². The number of aliphatic hydroxyl groups is 1. The van der Waals surface area contributed by atoms with Crippen molar-refractivity contribution in [1.82, 2.24) is 10.2 Å². The Hall–Kier alpha value is -1.30. The Morgan fingerprint density at radius 3 is 2.50 bits per heavy atom. The molecular formula is C14H26N2O4. The average molecular weight is 286 g/mol. The van der Waals surface area contributed by atoms with Crippen LogP contribution in [0.2, 0.25) is 0 Å². The number of hydrogen-bond acceptors (Lipinski definition) is 3. The van der Waals surface area contributed by atoms with Gasteiger partial charge in [-0.2, -0.15) is 0 Å². The molecule has 1 aliphatic rings. The smallest absolute Gasteiger partial charge is 0.317 e. The Bertz CT molecular complexity index is 333. The van der Waals surface area contributed by atoms with E-state index in [0.29, 0.717) is 13.0 Å². The van der Waals surface area contributed by atoms with Crippen LogP contribution in [0.4, 0.5) is 4.79 Å². The number of carbonyl (C=O) groups is 2. The van der Waals surface area contributed by atoms with Crippen molar-refractivity contribution in [3.05, 3.63) is 0 Å². The minimum Gasteiger partial charge on any atom is -0.481 e. The third-order valence-electron chi connectivity index (χ3n) is 3.97. The summed E-state index contributed by atoms with van der Waals surface area (Å²) in [4.78, 5) is 24.8. The maximum absolute atomic E-state index is 12.1. The lowest BCUT2D eigenvalue weighted by Crippen LogP contribution is -2.47. The van der Waals surface area contributed by atoms with Crippen molar-refractivity contribution in [2.24, 2.45) is 11.8 Å². The standard InChI is InChI=1S/C14H26N2O4/c1-10(2)16(7-8-17)14(20)15-9-11-5-3-4-6-12(11)13(18)19/h10-12,17H,3-9H2,1-2H3,(H,15,20)(H,18,19). The van der Waals surface area contributed by atoms with Crippen molar-refractivity contribution in [3.63, 3.8) is 0 Å². The number of urea groups is 1. The van der Waals surface area contributed by atoms with E-state index in [2.05, 4.69) is 5.32 Å². The minimum absolute atomic E-state index is 0.00350. The number of rotatable bonds is 6. The number of carboxylic acids is 1. The van der Waals surface area contributed by atoms with E-state index < -0.39 is 5.97 Å². The highest BCUT2D eigenvalue weighted by atomic mass is 16.4. The molecule has 0 aliphatic heterocycles. The normalized spacial score (nSPS) is 22.6. The largest absolute Gasteiger partial charge is 0.481 e. The van der Waals surface area contributed by atoms with Crippen LogP contribution in [0.25, 0.3) is 0 Å². The predicted molar refractivity (Wildman–Crippen MR) is 75.4 cm³/mol. The molecule has 0 radical (unpaired) electrons. The Morgan fingerprint density at radius 2 is 1.95 bits per heavy atom. The molecule has 1 rings (SSSR count). The van der Waals surface area contributed by atoms with E-state index in [-0.39, 0.29) is 37.1 Å². The number of carboxylic acid groups (broad SMARTS) is 1. The van der Waals surface area contributed by atoms with Gasteiger partial charge in [0.25, 0.3) is 0 Å². The molecule has 2 atom stereocenters. The summed E-state index contributed by atoms with van der Waals surface area (Å²) >= 11 is 0. The van der Waals surface area contributed by atoms with Gasteiger partial charge in [0.2, 0.25) is 0 Å². The number of amides is 2. The molecule has 2 unspecified atom stereocenters. The quantitative estimate of drug-likeness (QED) is 0.686. The number of nitrogens with zero attached hydrogens (tertiary/aromatic N) is 1. The first-order valence-electron chi connectivity index (χ1n) is 7.35. The summed E-state index contributed by atoms with van der Waals surface area (Å²) in [6.07, 6.45) is 3.51.